The SMILES string of the molecule is Clc1cc(N(c2ccc(-c3ccccc3)cc2)c2ccc(-c3ccccc3)cc2)cc(-n2c3ccccc3c3ccccc32)c1. The molecule has 45 heavy (non-hydrogen) atoms. The van der Waals surface area contributed by atoms with Crippen LogP contribution in [-0.2, 0) is 0 Å². The molecule has 0 fully saturated rings. The lowest BCUT2D eigenvalue weighted by atomic mass is 10.0. The normalized spacial score (nSPS) is 11.2. The van der Waals surface area contributed by atoms with Gasteiger partial charge in [0.1, 0.15) is 0 Å². The molecule has 0 radical (unpaired) electrons. The van der Waals surface area contributed by atoms with E-state index >= 15 is 0 Å². The minimum atomic E-state index is 0.677. The molecule has 3 heteroatoms. The number of benzene rings is 7. The highest BCUT2D eigenvalue weighted by Crippen LogP contribution is 2.40. The highest BCUT2D eigenvalue weighted by molar-refractivity contribution is 6.31. The largest absolute Gasteiger partial charge is 0.310 e. The summed E-state index contributed by atoms with van der Waals surface area (Å²) >= 11 is 6.96. The molecule has 0 aliphatic carbocycles. The lowest BCUT2D eigenvalue weighted by Crippen LogP contribution is -2.10. The molecule has 8 rings (SSSR count). The van der Waals surface area contributed by atoms with E-state index in [1.54, 1.807) is 0 Å². The zero-order valence-corrected chi connectivity index (χ0v) is 25.3. The fourth-order valence-electron chi connectivity index (χ4n) is 6.33. The molecule has 0 amide bonds. The number of aromatic nitrogens is 1. The molecular weight excluding hydrogens is 568 g/mol. The number of nitrogens with zero attached hydrogens (tertiary/aromatic N) is 2. The van der Waals surface area contributed by atoms with Crippen LogP contribution in [0.2, 0.25) is 5.02 Å². The molecule has 8 aromatic rings. The van der Waals surface area contributed by atoms with Gasteiger partial charge >= 0.3 is 0 Å². The molecule has 0 saturated carbocycles. The van der Waals surface area contributed by atoms with Gasteiger partial charge in [0, 0.05) is 38.5 Å². The zero-order valence-electron chi connectivity index (χ0n) is 24.5. The average molecular weight is 597 g/mol. The van der Waals surface area contributed by atoms with Crippen molar-refractivity contribution in [1.82, 2.24) is 4.57 Å². The topological polar surface area (TPSA) is 8.17 Å². The van der Waals surface area contributed by atoms with Crippen LogP contribution in [-0.4, -0.2) is 4.57 Å². The van der Waals surface area contributed by atoms with Crippen LogP contribution < -0.4 is 4.90 Å². The van der Waals surface area contributed by atoms with Crippen LogP contribution in [0.5, 0.6) is 0 Å². The first kappa shape index (κ1) is 27.0. The van der Waals surface area contributed by atoms with E-state index in [1.807, 2.05) is 12.1 Å². The summed E-state index contributed by atoms with van der Waals surface area (Å²) in [5, 5.41) is 3.12. The minimum absolute atomic E-state index is 0.677. The molecule has 0 unspecified atom stereocenters. The van der Waals surface area contributed by atoms with Crippen LogP contribution in [0, 0.1) is 0 Å². The zero-order chi connectivity index (χ0) is 30.2. The van der Waals surface area contributed by atoms with Gasteiger partial charge in [-0.05, 0) is 76.9 Å². The van der Waals surface area contributed by atoms with E-state index < -0.39 is 0 Å². The average Bonchev–Trinajstić information content (AvgIpc) is 3.44. The van der Waals surface area contributed by atoms with Gasteiger partial charge in [-0.2, -0.15) is 0 Å². The number of hydrogen-bond acceptors (Lipinski definition) is 1. The fourth-order valence-corrected chi connectivity index (χ4v) is 6.56. The third-order valence-corrected chi connectivity index (χ3v) is 8.65. The van der Waals surface area contributed by atoms with Crippen molar-refractivity contribution >= 4 is 50.5 Å². The van der Waals surface area contributed by atoms with Crippen molar-refractivity contribution in [3.8, 4) is 27.9 Å². The monoisotopic (exact) mass is 596 g/mol. The lowest BCUT2D eigenvalue weighted by molar-refractivity contribution is 1.17. The van der Waals surface area contributed by atoms with Crippen molar-refractivity contribution < 1.29 is 0 Å². The quantitative estimate of drug-likeness (QED) is 0.185. The van der Waals surface area contributed by atoms with Gasteiger partial charge in [-0.3, -0.25) is 0 Å². The van der Waals surface area contributed by atoms with Gasteiger partial charge in [0.05, 0.1) is 11.0 Å². The summed E-state index contributed by atoms with van der Waals surface area (Å²) < 4.78 is 2.31. The number of para-hydroxylation sites is 2. The van der Waals surface area contributed by atoms with E-state index in [0.29, 0.717) is 5.02 Å². The van der Waals surface area contributed by atoms with Crippen molar-refractivity contribution in [1.29, 1.82) is 0 Å². The maximum atomic E-state index is 6.96. The Balaban J connectivity index is 1.29. The second-order valence-electron chi connectivity index (χ2n) is 11.2. The molecular formula is C42H29ClN2. The minimum Gasteiger partial charge on any atom is -0.310 e. The van der Waals surface area contributed by atoms with Crippen LogP contribution in [0.3, 0.4) is 0 Å². The van der Waals surface area contributed by atoms with E-state index in [1.165, 1.54) is 33.0 Å². The predicted octanol–water partition coefficient (Wildman–Crippen LogP) is 12.2. The lowest BCUT2D eigenvalue weighted by Gasteiger charge is -2.27. The molecule has 1 aromatic heterocycles. The van der Waals surface area contributed by atoms with Gasteiger partial charge in [0.25, 0.3) is 0 Å². The van der Waals surface area contributed by atoms with Crippen molar-refractivity contribution in [2.45, 2.75) is 0 Å². The third-order valence-electron chi connectivity index (χ3n) is 8.43. The molecule has 0 aliphatic heterocycles. The van der Waals surface area contributed by atoms with E-state index in [2.05, 4.69) is 173 Å². The molecule has 0 spiro atoms. The second kappa shape index (κ2) is 11.5. The summed E-state index contributed by atoms with van der Waals surface area (Å²) in [5.74, 6) is 0. The molecule has 0 atom stereocenters. The first-order valence-corrected chi connectivity index (χ1v) is 15.5. The predicted molar refractivity (Wildman–Crippen MR) is 191 cm³/mol. The van der Waals surface area contributed by atoms with E-state index in [0.717, 1.165) is 33.8 Å². The van der Waals surface area contributed by atoms with E-state index in [9.17, 15) is 0 Å². The van der Waals surface area contributed by atoms with Crippen molar-refractivity contribution in [2.75, 3.05) is 4.90 Å². The highest BCUT2D eigenvalue weighted by Gasteiger charge is 2.18. The summed E-state index contributed by atoms with van der Waals surface area (Å²) in [7, 11) is 0. The Morgan fingerprint density at radius 2 is 0.800 bits per heavy atom. The van der Waals surface area contributed by atoms with Crippen LogP contribution in [0.1, 0.15) is 0 Å². The van der Waals surface area contributed by atoms with Crippen LogP contribution in [0.25, 0.3) is 49.7 Å². The van der Waals surface area contributed by atoms with Crippen molar-refractivity contribution in [2.24, 2.45) is 0 Å². The van der Waals surface area contributed by atoms with Crippen molar-refractivity contribution in [3.63, 3.8) is 0 Å². The Hall–Kier alpha value is -5.57. The number of anilines is 3. The van der Waals surface area contributed by atoms with Gasteiger partial charge in [0.2, 0.25) is 0 Å². The Morgan fingerprint density at radius 1 is 0.378 bits per heavy atom. The molecule has 0 aliphatic rings. The maximum Gasteiger partial charge on any atom is 0.0541 e. The van der Waals surface area contributed by atoms with Gasteiger partial charge in [0.15, 0.2) is 0 Å². The van der Waals surface area contributed by atoms with E-state index in [-0.39, 0.29) is 0 Å². The first-order chi connectivity index (χ1) is 22.2. The van der Waals surface area contributed by atoms with Gasteiger partial charge in [-0.15, -0.1) is 0 Å². The third kappa shape index (κ3) is 5.06. The number of rotatable bonds is 6. The standard InChI is InChI=1S/C42H29ClN2/c43-34-27-37(29-38(28-34)45-41-17-9-7-15-39(41)40-16-8-10-18-42(40)45)44(35-23-19-32(20-24-35)30-11-3-1-4-12-30)36-25-21-33(22-26-36)31-13-5-2-6-14-31/h1-29H. The van der Waals surface area contributed by atoms with Crippen LogP contribution >= 0.6 is 11.6 Å². The summed E-state index contributed by atoms with van der Waals surface area (Å²) in [6.45, 7) is 0. The molecule has 0 saturated heterocycles. The summed E-state index contributed by atoms with van der Waals surface area (Å²) in [5.41, 5.74) is 11.1. The van der Waals surface area contributed by atoms with Crippen molar-refractivity contribution in [3.05, 3.63) is 181 Å². The molecule has 7 aromatic carbocycles. The Morgan fingerprint density at radius 3 is 1.29 bits per heavy atom. The van der Waals surface area contributed by atoms with Crippen LogP contribution in [0.4, 0.5) is 17.1 Å². The van der Waals surface area contributed by atoms with Crippen LogP contribution in [0.15, 0.2) is 176 Å². The summed E-state index contributed by atoms with van der Waals surface area (Å²) in [4.78, 5) is 2.28. The summed E-state index contributed by atoms with van der Waals surface area (Å²) in [6, 6.07) is 61.9. The highest BCUT2D eigenvalue weighted by atomic mass is 35.5. The number of fused-ring (bicyclic) bond motifs is 3. The fraction of sp³-hybridized carbons (Fsp3) is 0. The van der Waals surface area contributed by atoms with Gasteiger partial charge in [-0.1, -0.05) is 133 Å². The number of halogens is 1. The Kier molecular flexibility index (Phi) is 6.90. The Bertz CT molecular complexity index is 2120. The molecule has 0 N–H and O–H groups in total. The van der Waals surface area contributed by atoms with E-state index in [4.69, 9.17) is 11.6 Å². The van der Waals surface area contributed by atoms with Gasteiger partial charge < -0.3 is 9.47 Å². The molecule has 0 bridgehead atoms. The molecule has 1 heterocycles. The number of hydrogen-bond donors (Lipinski definition) is 0. The molecule has 214 valence electrons. The second-order valence-corrected chi connectivity index (χ2v) is 11.6. The maximum absolute atomic E-state index is 6.96. The first-order valence-electron chi connectivity index (χ1n) is 15.1. The Labute approximate surface area is 268 Å². The summed E-state index contributed by atoms with van der Waals surface area (Å²) in [6.07, 6.45) is 0. The smallest absolute Gasteiger partial charge is 0.0541 e. The van der Waals surface area contributed by atoms with Gasteiger partial charge in [-0.25, -0.2) is 0 Å². The molecule has 2 nitrogen and oxygen atoms in total.